The number of anilines is 1. The first-order valence-electron chi connectivity index (χ1n) is 6.89. The fraction of sp³-hybridized carbons (Fsp3) is 0. The van der Waals surface area contributed by atoms with Gasteiger partial charge in [0.1, 0.15) is 5.52 Å². The first kappa shape index (κ1) is 15.8. The number of rotatable bonds is 5. The first-order chi connectivity index (χ1) is 11.6. The van der Waals surface area contributed by atoms with Crippen LogP contribution in [0.15, 0.2) is 53.1 Å². The number of carbonyl (C=O) groups is 2. The molecule has 3 rings (SSSR count). The van der Waals surface area contributed by atoms with E-state index in [1.165, 1.54) is 18.3 Å². The van der Waals surface area contributed by atoms with E-state index in [0.717, 1.165) is 0 Å². The Labute approximate surface area is 141 Å². The molecule has 0 aliphatic carbocycles. The highest BCUT2D eigenvalue weighted by Crippen LogP contribution is 2.22. The van der Waals surface area contributed by atoms with Gasteiger partial charge in [0.05, 0.1) is 16.2 Å². The van der Waals surface area contributed by atoms with E-state index in [0.29, 0.717) is 23.1 Å². The lowest BCUT2D eigenvalue weighted by Gasteiger charge is -2.04. The Morgan fingerprint density at radius 1 is 1.25 bits per heavy atom. The summed E-state index contributed by atoms with van der Waals surface area (Å²) < 4.78 is 5.52. The van der Waals surface area contributed by atoms with Crippen molar-refractivity contribution < 1.29 is 19.1 Å². The number of fused-ring (bicyclic) bond motifs is 1. The molecular weight excluding hydrogens is 332 g/mol. The second-order valence-corrected chi connectivity index (χ2v) is 5.26. The number of carbonyl (C=O) groups excluding carboxylic acids is 1. The zero-order chi connectivity index (χ0) is 17.1. The van der Waals surface area contributed by atoms with Crippen molar-refractivity contribution in [3.63, 3.8) is 0 Å². The lowest BCUT2D eigenvalue weighted by molar-refractivity contribution is -0.103. The molecule has 6 nitrogen and oxygen atoms in total. The number of oxazole rings is 1. The molecule has 0 saturated heterocycles. The zero-order valence-electron chi connectivity index (χ0n) is 12.2. The van der Waals surface area contributed by atoms with Crippen molar-refractivity contribution in [2.75, 3.05) is 5.32 Å². The maximum atomic E-state index is 11.3. The highest BCUT2D eigenvalue weighted by Gasteiger charge is 2.11. The molecule has 0 atom stereocenters. The standard InChI is InChI=1S/C17H11ClN2O4/c18-13-6-5-11(7-12(13)17(22)23)19-8-10(9-21)16-20-14-3-1-2-4-15(14)24-16/h1-9,19H,(H,22,23)/b10-8+. The monoisotopic (exact) mass is 342 g/mol. The predicted molar refractivity (Wildman–Crippen MR) is 90.1 cm³/mol. The third-order valence-corrected chi connectivity index (χ3v) is 3.59. The molecule has 24 heavy (non-hydrogen) atoms. The molecule has 1 aromatic heterocycles. The van der Waals surface area contributed by atoms with Crippen molar-refractivity contribution in [2.24, 2.45) is 0 Å². The van der Waals surface area contributed by atoms with Gasteiger partial charge in [-0.2, -0.15) is 0 Å². The second-order valence-electron chi connectivity index (χ2n) is 4.85. The van der Waals surface area contributed by atoms with E-state index >= 15 is 0 Å². The molecule has 0 saturated carbocycles. The van der Waals surface area contributed by atoms with Gasteiger partial charge in [-0.3, -0.25) is 4.79 Å². The van der Waals surface area contributed by atoms with Gasteiger partial charge in [0.25, 0.3) is 0 Å². The number of benzene rings is 2. The van der Waals surface area contributed by atoms with Crippen LogP contribution in [0.2, 0.25) is 5.02 Å². The van der Waals surface area contributed by atoms with Crippen LogP contribution in [0.4, 0.5) is 5.69 Å². The molecule has 1 heterocycles. The summed E-state index contributed by atoms with van der Waals surface area (Å²) in [5.74, 6) is -0.965. The molecule has 2 N–H and O–H groups in total. The summed E-state index contributed by atoms with van der Waals surface area (Å²) in [7, 11) is 0. The Morgan fingerprint density at radius 3 is 2.75 bits per heavy atom. The minimum absolute atomic E-state index is 0.0374. The van der Waals surface area contributed by atoms with Crippen molar-refractivity contribution in [1.29, 1.82) is 0 Å². The second kappa shape index (κ2) is 6.55. The van der Waals surface area contributed by atoms with Crippen LogP contribution >= 0.6 is 11.6 Å². The summed E-state index contributed by atoms with van der Waals surface area (Å²) in [5.41, 5.74) is 1.83. The third kappa shape index (κ3) is 3.13. The average molecular weight is 343 g/mol. The number of halogens is 1. The Kier molecular flexibility index (Phi) is 4.31. The van der Waals surface area contributed by atoms with Crippen molar-refractivity contribution in [1.82, 2.24) is 4.98 Å². The lowest BCUT2D eigenvalue weighted by Crippen LogP contribution is -1.99. The number of carboxylic acids is 1. The van der Waals surface area contributed by atoms with Crippen LogP contribution in [-0.2, 0) is 4.79 Å². The molecule has 120 valence electrons. The maximum absolute atomic E-state index is 11.3. The quantitative estimate of drug-likeness (QED) is 0.540. The van der Waals surface area contributed by atoms with Crippen molar-refractivity contribution >= 4 is 46.2 Å². The minimum Gasteiger partial charge on any atom is -0.478 e. The highest BCUT2D eigenvalue weighted by atomic mass is 35.5. The van der Waals surface area contributed by atoms with E-state index in [1.54, 1.807) is 24.3 Å². The van der Waals surface area contributed by atoms with E-state index in [9.17, 15) is 9.59 Å². The Balaban J connectivity index is 1.90. The Hall–Kier alpha value is -3.12. The van der Waals surface area contributed by atoms with Crippen LogP contribution in [0.3, 0.4) is 0 Å². The number of aldehydes is 1. The highest BCUT2D eigenvalue weighted by molar-refractivity contribution is 6.33. The molecule has 7 heteroatoms. The van der Waals surface area contributed by atoms with Crippen molar-refractivity contribution in [3.8, 4) is 0 Å². The molecule has 0 unspecified atom stereocenters. The maximum Gasteiger partial charge on any atom is 0.337 e. The Morgan fingerprint density at radius 2 is 2.04 bits per heavy atom. The third-order valence-electron chi connectivity index (χ3n) is 3.26. The van der Waals surface area contributed by atoms with Gasteiger partial charge in [-0.1, -0.05) is 23.7 Å². The smallest absolute Gasteiger partial charge is 0.337 e. The molecule has 3 aromatic rings. The number of hydrogen-bond donors (Lipinski definition) is 2. The number of aromatic nitrogens is 1. The van der Waals surface area contributed by atoms with Crippen LogP contribution in [0.25, 0.3) is 16.7 Å². The largest absolute Gasteiger partial charge is 0.478 e. The van der Waals surface area contributed by atoms with E-state index in [4.69, 9.17) is 21.1 Å². The number of nitrogens with zero attached hydrogens (tertiary/aromatic N) is 1. The molecule has 0 aliphatic rings. The summed E-state index contributed by atoms with van der Waals surface area (Å²) in [6.45, 7) is 0. The van der Waals surface area contributed by atoms with Crippen LogP contribution in [0.1, 0.15) is 16.2 Å². The van der Waals surface area contributed by atoms with Gasteiger partial charge in [-0.15, -0.1) is 0 Å². The van der Waals surface area contributed by atoms with Crippen LogP contribution in [0.5, 0.6) is 0 Å². The number of nitrogens with one attached hydrogen (secondary N) is 1. The van der Waals surface area contributed by atoms with Gasteiger partial charge in [0.2, 0.25) is 5.89 Å². The van der Waals surface area contributed by atoms with E-state index in [2.05, 4.69) is 10.3 Å². The molecule has 0 spiro atoms. The van der Waals surface area contributed by atoms with Gasteiger partial charge >= 0.3 is 5.97 Å². The van der Waals surface area contributed by atoms with Gasteiger partial charge in [-0.25, -0.2) is 9.78 Å². The summed E-state index contributed by atoms with van der Waals surface area (Å²) in [5, 5.41) is 12.0. The topological polar surface area (TPSA) is 92.4 Å². The molecule has 2 aromatic carbocycles. The summed E-state index contributed by atoms with van der Waals surface area (Å²) in [4.78, 5) is 26.6. The fourth-order valence-corrected chi connectivity index (χ4v) is 2.28. The van der Waals surface area contributed by atoms with Gasteiger partial charge < -0.3 is 14.8 Å². The normalized spacial score (nSPS) is 11.5. The minimum atomic E-state index is -1.14. The molecule has 0 aliphatic heterocycles. The average Bonchev–Trinajstić information content (AvgIpc) is 3.00. The van der Waals surface area contributed by atoms with Crippen LogP contribution in [0, 0.1) is 0 Å². The van der Waals surface area contributed by atoms with E-state index in [-0.39, 0.29) is 22.0 Å². The SMILES string of the molecule is O=C/C(=C\Nc1ccc(Cl)c(C(=O)O)c1)c1nc2ccccc2o1. The summed E-state index contributed by atoms with van der Waals surface area (Å²) >= 11 is 5.82. The van der Waals surface area contributed by atoms with E-state index < -0.39 is 5.97 Å². The van der Waals surface area contributed by atoms with Crippen LogP contribution < -0.4 is 5.32 Å². The first-order valence-corrected chi connectivity index (χ1v) is 7.27. The van der Waals surface area contributed by atoms with Gasteiger partial charge in [0, 0.05) is 11.9 Å². The van der Waals surface area contributed by atoms with Crippen LogP contribution in [-0.4, -0.2) is 22.3 Å². The van der Waals surface area contributed by atoms with Gasteiger partial charge in [-0.05, 0) is 30.3 Å². The molecule has 0 radical (unpaired) electrons. The number of hydrogen-bond acceptors (Lipinski definition) is 5. The zero-order valence-corrected chi connectivity index (χ0v) is 12.9. The lowest BCUT2D eigenvalue weighted by atomic mass is 10.2. The summed E-state index contributed by atoms with van der Waals surface area (Å²) in [6, 6.07) is 11.6. The van der Waals surface area contributed by atoms with Gasteiger partial charge in [0.15, 0.2) is 11.9 Å². The van der Waals surface area contributed by atoms with Crippen molar-refractivity contribution in [3.05, 3.63) is 65.1 Å². The Bertz CT molecular complexity index is 929. The van der Waals surface area contributed by atoms with Crippen molar-refractivity contribution in [2.45, 2.75) is 0 Å². The number of allylic oxidation sites excluding steroid dienone is 1. The van der Waals surface area contributed by atoms with E-state index in [1.807, 2.05) is 6.07 Å². The summed E-state index contributed by atoms with van der Waals surface area (Å²) in [6.07, 6.45) is 2.00. The fourth-order valence-electron chi connectivity index (χ4n) is 2.08. The number of aromatic carboxylic acids is 1. The number of carboxylic acid groups (broad SMARTS) is 1. The molecule has 0 amide bonds. The molecular formula is C17H11ClN2O4. The number of para-hydroxylation sites is 2. The predicted octanol–water partition coefficient (Wildman–Crippen LogP) is 3.83. The molecule has 0 fully saturated rings. The molecule has 0 bridgehead atoms.